The summed E-state index contributed by atoms with van der Waals surface area (Å²) in [4.78, 5) is 0. The molecule has 1 N–H and O–H groups in total. The molecule has 0 radical (unpaired) electrons. The minimum Gasteiger partial charge on any atom is -0.368 e. The van der Waals surface area contributed by atoms with E-state index in [0.29, 0.717) is 6.42 Å². The number of halogens is 1. The predicted molar refractivity (Wildman–Crippen MR) is 26.0 cm³/mol. The van der Waals surface area contributed by atoms with Crippen LogP contribution >= 0.6 is 11.6 Å². The topological polar surface area (TPSA) is 29.5 Å². The van der Waals surface area contributed by atoms with Crippen LogP contribution in [0.25, 0.3) is 0 Å². The molecule has 0 aromatic rings. The fourth-order valence-electron chi connectivity index (χ4n) is 0.580. The number of ether oxygens (including phenoxy) is 1. The maximum absolute atomic E-state index is 8.59. The average molecular weight is 123 g/mol. The summed E-state index contributed by atoms with van der Waals surface area (Å²) in [6, 6.07) is 0. The second-order valence-corrected chi connectivity index (χ2v) is 2.06. The molecule has 1 rings (SSSR count). The Balaban J connectivity index is 2.26. The monoisotopic (exact) mass is 122 g/mol. The number of hydrogen-bond acceptors (Lipinski definition) is 2. The molecule has 2 nitrogen and oxygen atoms in total. The summed E-state index contributed by atoms with van der Waals surface area (Å²) < 4.78 is 4.68. The Hall–Kier alpha value is 0.210. The van der Waals surface area contributed by atoms with E-state index in [0.717, 1.165) is 6.42 Å². The lowest BCUT2D eigenvalue weighted by molar-refractivity contribution is -0.0696. The normalized spacial score (nSPS) is 42.0. The van der Waals surface area contributed by atoms with Crippen LogP contribution in [0.3, 0.4) is 0 Å². The Morgan fingerprint density at radius 1 is 1.57 bits per heavy atom. The van der Waals surface area contributed by atoms with Gasteiger partial charge in [0.05, 0.1) is 0 Å². The Morgan fingerprint density at radius 2 is 2.29 bits per heavy atom. The van der Waals surface area contributed by atoms with Gasteiger partial charge in [0.15, 0.2) is 6.29 Å². The van der Waals surface area contributed by atoms with Gasteiger partial charge in [0.2, 0.25) is 0 Å². The fraction of sp³-hybridized carbons (Fsp3) is 1.00. The molecule has 0 amide bonds. The van der Waals surface area contributed by atoms with Crippen molar-refractivity contribution in [3.8, 4) is 0 Å². The third-order valence-corrected chi connectivity index (χ3v) is 1.27. The molecule has 7 heavy (non-hydrogen) atoms. The first-order valence-electron chi connectivity index (χ1n) is 2.26. The summed E-state index contributed by atoms with van der Waals surface area (Å²) in [7, 11) is 0. The van der Waals surface area contributed by atoms with Crippen LogP contribution in [-0.4, -0.2) is 17.0 Å². The Labute approximate surface area is 47.0 Å². The average Bonchev–Trinajstić information content (AvgIpc) is 1.87. The molecule has 42 valence electrons. The standard InChI is InChI=1S/C4H7ClO2/c5-3-1-2-4(6)7-3/h3-4,6H,1-2H2. The van der Waals surface area contributed by atoms with Gasteiger partial charge >= 0.3 is 0 Å². The summed E-state index contributed by atoms with van der Waals surface area (Å²) in [6.07, 6.45) is 0.833. The Morgan fingerprint density at radius 3 is 2.43 bits per heavy atom. The van der Waals surface area contributed by atoms with E-state index in [2.05, 4.69) is 4.74 Å². The van der Waals surface area contributed by atoms with Gasteiger partial charge in [-0.2, -0.15) is 0 Å². The number of alkyl halides is 1. The highest BCUT2D eigenvalue weighted by molar-refractivity contribution is 6.19. The molecule has 0 aliphatic carbocycles. The predicted octanol–water partition coefficient (Wildman–Crippen LogP) is 0.680. The summed E-state index contributed by atoms with van der Waals surface area (Å²) in [5, 5.41) is 8.59. The van der Waals surface area contributed by atoms with Gasteiger partial charge in [-0.05, 0) is 6.42 Å². The number of hydrogen-bond donors (Lipinski definition) is 1. The van der Waals surface area contributed by atoms with Crippen molar-refractivity contribution in [2.45, 2.75) is 24.7 Å². The number of aliphatic hydroxyl groups is 1. The molecule has 2 atom stereocenters. The molecule has 0 bridgehead atoms. The highest BCUT2D eigenvalue weighted by atomic mass is 35.5. The molecule has 1 aliphatic heterocycles. The molecule has 1 aliphatic rings. The van der Waals surface area contributed by atoms with Crippen molar-refractivity contribution < 1.29 is 9.84 Å². The summed E-state index contributed by atoms with van der Waals surface area (Å²) >= 11 is 5.42. The molecule has 0 saturated carbocycles. The van der Waals surface area contributed by atoms with Crippen LogP contribution in [0.1, 0.15) is 12.8 Å². The third kappa shape index (κ3) is 1.30. The first kappa shape index (κ1) is 5.35. The lowest BCUT2D eigenvalue weighted by Gasteiger charge is -1.98. The quantitative estimate of drug-likeness (QED) is 0.479. The minimum atomic E-state index is -0.609. The summed E-state index contributed by atoms with van der Waals surface area (Å²) in [6.45, 7) is 0. The first-order valence-corrected chi connectivity index (χ1v) is 2.70. The van der Waals surface area contributed by atoms with Gasteiger partial charge < -0.3 is 9.84 Å². The summed E-state index contributed by atoms with van der Waals surface area (Å²) in [5.74, 6) is 0. The fourth-order valence-corrected chi connectivity index (χ4v) is 0.825. The van der Waals surface area contributed by atoms with Crippen molar-refractivity contribution >= 4 is 11.6 Å². The van der Waals surface area contributed by atoms with Gasteiger partial charge in [-0.25, -0.2) is 0 Å². The lowest BCUT2D eigenvalue weighted by Crippen LogP contribution is -2.03. The van der Waals surface area contributed by atoms with Crippen molar-refractivity contribution in [2.24, 2.45) is 0 Å². The smallest absolute Gasteiger partial charge is 0.156 e. The molecule has 3 heteroatoms. The van der Waals surface area contributed by atoms with Crippen molar-refractivity contribution in [2.75, 3.05) is 0 Å². The van der Waals surface area contributed by atoms with Crippen molar-refractivity contribution in [1.29, 1.82) is 0 Å². The van der Waals surface area contributed by atoms with E-state index in [1.807, 2.05) is 0 Å². The van der Waals surface area contributed by atoms with Crippen LogP contribution in [0.5, 0.6) is 0 Å². The maximum Gasteiger partial charge on any atom is 0.156 e. The zero-order chi connectivity index (χ0) is 5.28. The molecule has 0 aromatic carbocycles. The maximum atomic E-state index is 8.59. The van der Waals surface area contributed by atoms with Gasteiger partial charge in [-0.3, -0.25) is 0 Å². The highest BCUT2D eigenvalue weighted by Crippen LogP contribution is 2.19. The van der Waals surface area contributed by atoms with E-state index in [1.54, 1.807) is 0 Å². The zero-order valence-electron chi connectivity index (χ0n) is 3.80. The third-order valence-electron chi connectivity index (χ3n) is 0.945. The number of rotatable bonds is 0. The largest absolute Gasteiger partial charge is 0.368 e. The van der Waals surface area contributed by atoms with Crippen LogP contribution in [0, 0.1) is 0 Å². The van der Waals surface area contributed by atoms with Crippen LogP contribution in [0.4, 0.5) is 0 Å². The van der Waals surface area contributed by atoms with Crippen molar-refractivity contribution in [3.05, 3.63) is 0 Å². The SMILES string of the molecule is OC1CCC(Cl)O1. The highest BCUT2D eigenvalue weighted by Gasteiger charge is 2.19. The van der Waals surface area contributed by atoms with E-state index in [4.69, 9.17) is 16.7 Å². The van der Waals surface area contributed by atoms with E-state index < -0.39 is 6.29 Å². The molecule has 1 fully saturated rings. The Kier molecular flexibility index (Phi) is 1.52. The molecule has 2 unspecified atom stereocenters. The van der Waals surface area contributed by atoms with Crippen LogP contribution in [-0.2, 0) is 4.74 Å². The van der Waals surface area contributed by atoms with E-state index in [9.17, 15) is 0 Å². The lowest BCUT2D eigenvalue weighted by atomic mass is 10.4. The van der Waals surface area contributed by atoms with Gasteiger partial charge in [0.1, 0.15) is 5.56 Å². The van der Waals surface area contributed by atoms with Gasteiger partial charge in [-0.15, -0.1) is 0 Å². The molecule has 1 heterocycles. The van der Waals surface area contributed by atoms with Crippen LogP contribution in [0.2, 0.25) is 0 Å². The van der Waals surface area contributed by atoms with Crippen molar-refractivity contribution in [3.63, 3.8) is 0 Å². The molecule has 0 aromatic heterocycles. The van der Waals surface area contributed by atoms with Gasteiger partial charge in [-0.1, -0.05) is 11.6 Å². The second kappa shape index (κ2) is 1.99. The minimum absolute atomic E-state index is 0.255. The van der Waals surface area contributed by atoms with Gasteiger partial charge in [0, 0.05) is 6.42 Å². The summed E-state index contributed by atoms with van der Waals surface area (Å²) in [5.41, 5.74) is -0.255. The number of aliphatic hydroxyl groups excluding tert-OH is 1. The molecule has 1 saturated heterocycles. The van der Waals surface area contributed by atoms with Gasteiger partial charge in [0.25, 0.3) is 0 Å². The second-order valence-electron chi connectivity index (χ2n) is 1.58. The molecular weight excluding hydrogens is 115 g/mol. The van der Waals surface area contributed by atoms with E-state index in [-0.39, 0.29) is 5.56 Å². The van der Waals surface area contributed by atoms with E-state index in [1.165, 1.54) is 0 Å². The molecule has 0 spiro atoms. The Bertz CT molecular complexity index is 58.7. The first-order chi connectivity index (χ1) is 3.29. The molecular formula is C4H7ClO2. The zero-order valence-corrected chi connectivity index (χ0v) is 4.56. The van der Waals surface area contributed by atoms with Crippen LogP contribution < -0.4 is 0 Å². The van der Waals surface area contributed by atoms with Crippen molar-refractivity contribution in [1.82, 2.24) is 0 Å². The van der Waals surface area contributed by atoms with E-state index >= 15 is 0 Å². The van der Waals surface area contributed by atoms with Crippen LogP contribution in [0.15, 0.2) is 0 Å².